The summed E-state index contributed by atoms with van der Waals surface area (Å²) in [6.45, 7) is 1.76. The van der Waals surface area contributed by atoms with Gasteiger partial charge in [-0.1, -0.05) is 24.3 Å². The van der Waals surface area contributed by atoms with Crippen molar-refractivity contribution in [3.8, 4) is 17.2 Å². The summed E-state index contributed by atoms with van der Waals surface area (Å²) in [6, 6.07) is 20.5. The number of para-hydroxylation sites is 1. The number of ether oxygens (including phenoxy) is 2. The zero-order valence-corrected chi connectivity index (χ0v) is 20.4. The SMILES string of the molecule is COc1cc(OC)cc(C(=O)Nc2cccc(C(=O)Nc3c(C)n(C)n(-c4ccccc4)c3=O)c2)c1. The lowest BCUT2D eigenvalue weighted by molar-refractivity contribution is 0.101. The van der Waals surface area contributed by atoms with Crippen LogP contribution >= 0.6 is 0 Å². The number of amides is 2. The van der Waals surface area contributed by atoms with Crippen molar-refractivity contribution in [2.75, 3.05) is 24.9 Å². The predicted octanol–water partition coefficient (Wildman–Crippen LogP) is 4.01. The molecule has 0 aliphatic carbocycles. The highest BCUT2D eigenvalue weighted by Crippen LogP contribution is 2.24. The van der Waals surface area contributed by atoms with Crippen molar-refractivity contribution in [1.29, 1.82) is 0 Å². The minimum Gasteiger partial charge on any atom is -0.497 e. The Labute approximate surface area is 207 Å². The van der Waals surface area contributed by atoms with Crippen molar-refractivity contribution in [2.45, 2.75) is 6.92 Å². The van der Waals surface area contributed by atoms with Gasteiger partial charge in [0.2, 0.25) is 0 Å². The Morgan fingerprint density at radius 2 is 1.42 bits per heavy atom. The first-order valence-corrected chi connectivity index (χ1v) is 11.1. The number of nitrogens with one attached hydrogen (secondary N) is 2. The first kappa shape index (κ1) is 24.3. The molecule has 0 radical (unpaired) electrons. The van der Waals surface area contributed by atoms with E-state index in [9.17, 15) is 14.4 Å². The van der Waals surface area contributed by atoms with E-state index in [1.807, 2.05) is 30.3 Å². The second-order valence-electron chi connectivity index (χ2n) is 8.03. The lowest BCUT2D eigenvalue weighted by Crippen LogP contribution is -2.23. The molecular formula is C27H26N4O5. The van der Waals surface area contributed by atoms with E-state index in [1.54, 1.807) is 61.1 Å². The van der Waals surface area contributed by atoms with Crippen molar-refractivity contribution < 1.29 is 19.1 Å². The normalized spacial score (nSPS) is 10.6. The van der Waals surface area contributed by atoms with Crippen molar-refractivity contribution in [3.05, 3.63) is 100.0 Å². The predicted molar refractivity (Wildman–Crippen MR) is 138 cm³/mol. The molecule has 0 bridgehead atoms. The van der Waals surface area contributed by atoms with E-state index < -0.39 is 11.8 Å². The van der Waals surface area contributed by atoms with Crippen LogP contribution in [0.2, 0.25) is 0 Å². The molecule has 0 unspecified atom stereocenters. The third-order valence-electron chi connectivity index (χ3n) is 5.79. The van der Waals surface area contributed by atoms with Gasteiger partial charge in [0.1, 0.15) is 17.2 Å². The zero-order chi connectivity index (χ0) is 25.8. The largest absolute Gasteiger partial charge is 0.497 e. The summed E-state index contributed by atoms with van der Waals surface area (Å²) in [5.41, 5.74) is 2.17. The topological polar surface area (TPSA) is 104 Å². The van der Waals surface area contributed by atoms with Gasteiger partial charge < -0.3 is 20.1 Å². The van der Waals surface area contributed by atoms with Crippen LogP contribution in [0.5, 0.6) is 11.5 Å². The van der Waals surface area contributed by atoms with Crippen LogP contribution < -0.4 is 25.7 Å². The van der Waals surface area contributed by atoms with Gasteiger partial charge >= 0.3 is 0 Å². The van der Waals surface area contributed by atoms with Gasteiger partial charge in [0.05, 0.1) is 25.6 Å². The standard InChI is InChI=1S/C27H26N4O5/c1-17-24(27(34)31(30(17)2)21-11-6-5-7-12-21)29-25(32)18-9-8-10-20(13-18)28-26(33)19-14-22(35-3)16-23(15-19)36-4/h5-16H,1-4H3,(H,28,33)(H,29,32). The lowest BCUT2D eigenvalue weighted by atomic mass is 10.1. The first-order valence-electron chi connectivity index (χ1n) is 11.1. The molecule has 36 heavy (non-hydrogen) atoms. The number of nitrogens with zero attached hydrogens (tertiary/aromatic N) is 2. The number of carbonyl (C=O) groups excluding carboxylic acids is 2. The fourth-order valence-corrected chi connectivity index (χ4v) is 3.78. The number of hydrogen-bond acceptors (Lipinski definition) is 5. The number of rotatable bonds is 7. The van der Waals surface area contributed by atoms with Crippen LogP contribution in [0.15, 0.2) is 77.6 Å². The van der Waals surface area contributed by atoms with Crippen LogP contribution in [0.4, 0.5) is 11.4 Å². The van der Waals surface area contributed by atoms with Crippen LogP contribution in [-0.2, 0) is 7.05 Å². The molecular weight excluding hydrogens is 460 g/mol. The maximum absolute atomic E-state index is 13.1. The molecule has 1 aromatic heterocycles. The molecule has 4 aromatic rings. The average Bonchev–Trinajstić information content (AvgIpc) is 3.11. The van der Waals surface area contributed by atoms with Gasteiger partial charge in [0.15, 0.2) is 0 Å². The number of hydrogen-bond donors (Lipinski definition) is 2. The number of methoxy groups -OCH3 is 2. The second kappa shape index (κ2) is 10.2. The fraction of sp³-hybridized carbons (Fsp3) is 0.148. The Kier molecular flexibility index (Phi) is 6.91. The van der Waals surface area contributed by atoms with Crippen LogP contribution in [-0.4, -0.2) is 35.4 Å². The van der Waals surface area contributed by atoms with E-state index in [0.717, 1.165) is 0 Å². The molecule has 0 spiro atoms. The summed E-state index contributed by atoms with van der Waals surface area (Å²) in [5, 5.41) is 5.51. The third kappa shape index (κ3) is 4.85. The maximum atomic E-state index is 13.1. The number of anilines is 2. The number of carbonyl (C=O) groups is 2. The molecule has 4 rings (SSSR count). The van der Waals surface area contributed by atoms with Gasteiger partial charge in [-0.25, -0.2) is 4.68 Å². The van der Waals surface area contributed by atoms with E-state index in [1.165, 1.54) is 18.9 Å². The average molecular weight is 487 g/mol. The molecule has 1 heterocycles. The highest BCUT2D eigenvalue weighted by atomic mass is 16.5. The summed E-state index contributed by atoms with van der Waals surface area (Å²) >= 11 is 0. The number of benzene rings is 3. The summed E-state index contributed by atoms with van der Waals surface area (Å²) in [6.07, 6.45) is 0. The Bertz CT molecular complexity index is 1470. The van der Waals surface area contributed by atoms with E-state index in [2.05, 4.69) is 10.6 Å². The summed E-state index contributed by atoms with van der Waals surface area (Å²) in [7, 11) is 4.76. The molecule has 2 amide bonds. The molecule has 0 saturated carbocycles. The van der Waals surface area contributed by atoms with Crippen LogP contribution in [0.1, 0.15) is 26.4 Å². The van der Waals surface area contributed by atoms with Crippen LogP contribution in [0.25, 0.3) is 5.69 Å². The van der Waals surface area contributed by atoms with E-state index in [-0.39, 0.29) is 16.8 Å². The van der Waals surface area contributed by atoms with Gasteiger partial charge in [-0.3, -0.25) is 19.1 Å². The molecule has 0 aliphatic rings. The first-order chi connectivity index (χ1) is 17.3. The molecule has 9 nitrogen and oxygen atoms in total. The fourth-order valence-electron chi connectivity index (χ4n) is 3.78. The smallest absolute Gasteiger partial charge is 0.295 e. The second-order valence-corrected chi connectivity index (χ2v) is 8.03. The van der Waals surface area contributed by atoms with Gasteiger partial charge in [0.25, 0.3) is 17.4 Å². The Balaban J connectivity index is 1.56. The Hall–Kier alpha value is -4.79. The minimum atomic E-state index is -0.472. The maximum Gasteiger partial charge on any atom is 0.295 e. The van der Waals surface area contributed by atoms with Gasteiger partial charge in [0, 0.05) is 29.9 Å². The summed E-state index contributed by atoms with van der Waals surface area (Å²) in [4.78, 5) is 39.0. The molecule has 184 valence electrons. The Morgan fingerprint density at radius 1 is 0.778 bits per heavy atom. The minimum absolute atomic E-state index is 0.185. The van der Waals surface area contributed by atoms with Gasteiger partial charge in [-0.2, -0.15) is 0 Å². The van der Waals surface area contributed by atoms with Crippen LogP contribution in [0.3, 0.4) is 0 Å². The summed E-state index contributed by atoms with van der Waals surface area (Å²) in [5.74, 6) is 0.0913. The molecule has 0 aliphatic heterocycles. The van der Waals surface area contributed by atoms with E-state index in [4.69, 9.17) is 9.47 Å². The van der Waals surface area contributed by atoms with Crippen molar-refractivity contribution in [1.82, 2.24) is 9.36 Å². The molecule has 2 N–H and O–H groups in total. The monoisotopic (exact) mass is 486 g/mol. The van der Waals surface area contributed by atoms with Crippen LogP contribution in [0, 0.1) is 6.92 Å². The van der Waals surface area contributed by atoms with E-state index >= 15 is 0 Å². The lowest BCUT2D eigenvalue weighted by Gasteiger charge is -2.10. The zero-order valence-electron chi connectivity index (χ0n) is 20.4. The van der Waals surface area contributed by atoms with Crippen molar-refractivity contribution in [3.63, 3.8) is 0 Å². The molecule has 0 atom stereocenters. The van der Waals surface area contributed by atoms with Gasteiger partial charge in [-0.15, -0.1) is 0 Å². The molecule has 0 fully saturated rings. The highest BCUT2D eigenvalue weighted by molar-refractivity contribution is 6.07. The van der Waals surface area contributed by atoms with Gasteiger partial charge in [-0.05, 0) is 49.4 Å². The van der Waals surface area contributed by atoms with Crippen molar-refractivity contribution >= 4 is 23.2 Å². The third-order valence-corrected chi connectivity index (χ3v) is 5.79. The van der Waals surface area contributed by atoms with E-state index in [0.29, 0.717) is 34.1 Å². The Morgan fingerprint density at radius 3 is 2.06 bits per heavy atom. The number of aromatic nitrogens is 2. The molecule has 0 saturated heterocycles. The summed E-state index contributed by atoms with van der Waals surface area (Å²) < 4.78 is 13.6. The molecule has 9 heteroatoms. The quantitative estimate of drug-likeness (QED) is 0.411. The molecule has 3 aromatic carbocycles. The van der Waals surface area contributed by atoms with Crippen molar-refractivity contribution in [2.24, 2.45) is 7.05 Å². The highest BCUT2D eigenvalue weighted by Gasteiger charge is 2.19.